The third-order valence-corrected chi connectivity index (χ3v) is 5.72. The molecule has 1 aromatic carbocycles. The fourth-order valence-electron chi connectivity index (χ4n) is 3.74. The number of aryl methyl sites for hydroxylation is 1. The molecular weight excluding hydrogens is 318 g/mol. The summed E-state index contributed by atoms with van der Waals surface area (Å²) in [6.07, 6.45) is 8.08. The summed E-state index contributed by atoms with van der Waals surface area (Å²) >= 11 is 0. The standard InChI is InChI=1S/C24H31NO/c1-7-11-22(18(5)8-2)23(26)24(10-4)16-17-25(19(24)6)21-14-12-20(9-3)13-15-21/h7-8,11-15H,1,6,9-10,16-17H2,2-5H3/b18-8-,22-11+. The Morgan fingerprint density at radius 3 is 2.42 bits per heavy atom. The van der Waals surface area contributed by atoms with Crippen molar-refractivity contribution in [3.63, 3.8) is 0 Å². The van der Waals surface area contributed by atoms with Crippen LogP contribution in [-0.2, 0) is 11.2 Å². The molecule has 2 heteroatoms. The average molecular weight is 350 g/mol. The van der Waals surface area contributed by atoms with Crippen LogP contribution in [0.5, 0.6) is 0 Å². The highest BCUT2D eigenvalue weighted by molar-refractivity contribution is 6.06. The average Bonchev–Trinajstić information content (AvgIpc) is 3.02. The smallest absolute Gasteiger partial charge is 0.175 e. The Morgan fingerprint density at radius 1 is 1.27 bits per heavy atom. The molecule has 26 heavy (non-hydrogen) atoms. The molecule has 0 aliphatic carbocycles. The van der Waals surface area contributed by atoms with Crippen LogP contribution in [0.2, 0.25) is 0 Å². The van der Waals surface area contributed by atoms with Gasteiger partial charge in [-0.1, -0.05) is 57.4 Å². The predicted molar refractivity (Wildman–Crippen MR) is 112 cm³/mol. The van der Waals surface area contributed by atoms with Gasteiger partial charge in [0, 0.05) is 23.5 Å². The fraction of sp³-hybridized carbons (Fsp3) is 0.375. The van der Waals surface area contributed by atoms with Crippen molar-refractivity contribution in [1.29, 1.82) is 0 Å². The molecular formula is C24H31NO. The van der Waals surface area contributed by atoms with Crippen molar-refractivity contribution in [2.75, 3.05) is 11.4 Å². The quantitative estimate of drug-likeness (QED) is 0.443. The number of carbonyl (C=O) groups excluding carboxylic acids is 1. The second kappa shape index (κ2) is 8.35. The van der Waals surface area contributed by atoms with E-state index < -0.39 is 5.41 Å². The zero-order chi connectivity index (χ0) is 19.3. The molecule has 1 aliphatic rings. The molecule has 0 bridgehead atoms. The Bertz CT molecular complexity index is 751. The summed E-state index contributed by atoms with van der Waals surface area (Å²) in [5.74, 6) is 0.160. The first-order valence-electron chi connectivity index (χ1n) is 9.51. The van der Waals surface area contributed by atoms with Gasteiger partial charge in [-0.05, 0) is 56.4 Å². The molecule has 138 valence electrons. The second-order valence-electron chi connectivity index (χ2n) is 6.92. The van der Waals surface area contributed by atoms with Crippen LogP contribution < -0.4 is 4.90 Å². The number of hydrogen-bond acceptors (Lipinski definition) is 2. The lowest BCUT2D eigenvalue weighted by Crippen LogP contribution is -2.33. The topological polar surface area (TPSA) is 20.3 Å². The molecule has 1 aromatic rings. The Kier molecular flexibility index (Phi) is 6.42. The maximum absolute atomic E-state index is 13.5. The molecule has 0 radical (unpaired) electrons. The third-order valence-electron chi connectivity index (χ3n) is 5.72. The second-order valence-corrected chi connectivity index (χ2v) is 6.92. The summed E-state index contributed by atoms with van der Waals surface area (Å²) in [5, 5.41) is 0. The number of anilines is 1. The van der Waals surface area contributed by atoms with Gasteiger partial charge in [-0.15, -0.1) is 0 Å². The fourth-order valence-corrected chi connectivity index (χ4v) is 3.74. The molecule has 2 nitrogen and oxygen atoms in total. The lowest BCUT2D eigenvalue weighted by molar-refractivity contribution is -0.122. The highest BCUT2D eigenvalue weighted by Crippen LogP contribution is 2.47. The third kappa shape index (κ3) is 3.46. The molecule has 1 saturated heterocycles. The monoisotopic (exact) mass is 349 g/mol. The van der Waals surface area contributed by atoms with Gasteiger partial charge in [-0.2, -0.15) is 0 Å². The molecule has 0 N–H and O–H groups in total. The van der Waals surface area contributed by atoms with Crippen LogP contribution in [0.25, 0.3) is 0 Å². The SMILES string of the molecule is C=C/C=C(C(=O)C1(CC)CCN(c2ccc(CC)cc2)C1=C)\C(C)=C/C. The van der Waals surface area contributed by atoms with Crippen LogP contribution in [0.4, 0.5) is 5.69 Å². The molecule has 0 aromatic heterocycles. The van der Waals surface area contributed by atoms with E-state index in [4.69, 9.17) is 0 Å². The van der Waals surface area contributed by atoms with Crippen molar-refractivity contribution in [1.82, 2.24) is 0 Å². The Morgan fingerprint density at radius 2 is 1.92 bits per heavy atom. The number of hydrogen-bond donors (Lipinski definition) is 0. The van der Waals surface area contributed by atoms with E-state index in [1.165, 1.54) is 5.56 Å². The van der Waals surface area contributed by atoms with Crippen LogP contribution in [0.15, 0.2) is 72.5 Å². The zero-order valence-corrected chi connectivity index (χ0v) is 16.6. The summed E-state index contributed by atoms with van der Waals surface area (Å²) < 4.78 is 0. The largest absolute Gasteiger partial charge is 0.345 e. The van der Waals surface area contributed by atoms with Gasteiger partial charge in [0.25, 0.3) is 0 Å². The minimum atomic E-state index is -0.539. The van der Waals surface area contributed by atoms with Crippen LogP contribution in [-0.4, -0.2) is 12.3 Å². The summed E-state index contributed by atoms with van der Waals surface area (Å²) in [6, 6.07) is 8.59. The first-order valence-corrected chi connectivity index (χ1v) is 9.51. The van der Waals surface area contributed by atoms with E-state index in [0.29, 0.717) is 0 Å². The minimum Gasteiger partial charge on any atom is -0.345 e. The van der Waals surface area contributed by atoms with Gasteiger partial charge < -0.3 is 4.90 Å². The van der Waals surface area contributed by atoms with E-state index >= 15 is 0 Å². The molecule has 1 atom stereocenters. The molecule has 1 fully saturated rings. The number of benzene rings is 1. The molecule has 0 amide bonds. The van der Waals surface area contributed by atoms with E-state index in [-0.39, 0.29) is 5.78 Å². The van der Waals surface area contributed by atoms with Gasteiger partial charge >= 0.3 is 0 Å². The number of rotatable bonds is 7. The van der Waals surface area contributed by atoms with Gasteiger partial charge in [0.1, 0.15) is 0 Å². The first kappa shape index (κ1) is 20.0. The molecule has 1 aliphatic heterocycles. The molecule has 2 rings (SSSR count). The highest BCUT2D eigenvalue weighted by Gasteiger charge is 2.47. The number of allylic oxidation sites excluding steroid dienone is 6. The van der Waals surface area contributed by atoms with Crippen molar-refractivity contribution in [3.8, 4) is 0 Å². The zero-order valence-electron chi connectivity index (χ0n) is 16.6. The first-order chi connectivity index (χ1) is 12.4. The van der Waals surface area contributed by atoms with Gasteiger partial charge in [-0.25, -0.2) is 0 Å². The Balaban J connectivity index is 2.40. The maximum atomic E-state index is 13.5. The Hall–Kier alpha value is -2.35. The van der Waals surface area contributed by atoms with Crippen molar-refractivity contribution in [2.45, 2.75) is 47.0 Å². The molecule has 0 saturated carbocycles. The predicted octanol–water partition coefficient (Wildman–Crippen LogP) is 6.02. The van der Waals surface area contributed by atoms with Crippen molar-refractivity contribution in [3.05, 3.63) is 78.1 Å². The summed E-state index contributed by atoms with van der Waals surface area (Å²) in [4.78, 5) is 15.7. The van der Waals surface area contributed by atoms with Crippen LogP contribution in [0.3, 0.4) is 0 Å². The van der Waals surface area contributed by atoms with Crippen molar-refractivity contribution >= 4 is 11.5 Å². The van der Waals surface area contributed by atoms with E-state index in [0.717, 1.165) is 48.3 Å². The van der Waals surface area contributed by atoms with Gasteiger partial charge in [0.2, 0.25) is 0 Å². The van der Waals surface area contributed by atoms with E-state index in [9.17, 15) is 4.79 Å². The Labute approximate surface area is 158 Å². The molecule has 1 unspecified atom stereocenters. The van der Waals surface area contributed by atoms with E-state index in [1.807, 2.05) is 26.0 Å². The maximum Gasteiger partial charge on any atom is 0.175 e. The van der Waals surface area contributed by atoms with Crippen LogP contribution in [0.1, 0.15) is 46.1 Å². The lowest BCUT2D eigenvalue weighted by atomic mass is 9.73. The number of carbonyl (C=O) groups is 1. The molecule has 0 spiro atoms. The van der Waals surface area contributed by atoms with Crippen molar-refractivity contribution in [2.24, 2.45) is 5.41 Å². The van der Waals surface area contributed by atoms with E-state index in [2.05, 4.69) is 56.2 Å². The van der Waals surface area contributed by atoms with E-state index in [1.54, 1.807) is 6.08 Å². The number of ketones is 1. The van der Waals surface area contributed by atoms with Gasteiger partial charge in [0.15, 0.2) is 5.78 Å². The molecule has 1 heterocycles. The summed E-state index contributed by atoms with van der Waals surface area (Å²) in [5.41, 5.74) is 4.54. The number of Topliss-reactive ketones (excluding diaryl/α,β-unsaturated/α-hetero) is 1. The van der Waals surface area contributed by atoms with Crippen LogP contribution in [0, 0.1) is 5.41 Å². The summed E-state index contributed by atoms with van der Waals surface area (Å²) in [7, 11) is 0. The van der Waals surface area contributed by atoms with Gasteiger partial charge in [0.05, 0.1) is 5.41 Å². The lowest BCUT2D eigenvalue weighted by Gasteiger charge is -2.31. The number of nitrogens with zero attached hydrogens (tertiary/aromatic N) is 1. The van der Waals surface area contributed by atoms with Gasteiger partial charge in [-0.3, -0.25) is 4.79 Å². The minimum absolute atomic E-state index is 0.160. The van der Waals surface area contributed by atoms with Crippen LogP contribution >= 0.6 is 0 Å². The van der Waals surface area contributed by atoms with Crippen molar-refractivity contribution < 1.29 is 4.79 Å². The highest BCUT2D eigenvalue weighted by atomic mass is 16.1. The normalized spacial score (nSPS) is 21.2. The summed E-state index contributed by atoms with van der Waals surface area (Å²) in [6.45, 7) is 17.1.